The van der Waals surface area contributed by atoms with Crippen LogP contribution in [0.15, 0.2) is 24.5 Å². The molecule has 0 saturated heterocycles. The van der Waals surface area contributed by atoms with E-state index in [1.54, 1.807) is 0 Å². The van der Waals surface area contributed by atoms with Crippen molar-refractivity contribution in [3.63, 3.8) is 0 Å². The lowest BCUT2D eigenvalue weighted by Crippen LogP contribution is -2.43. The van der Waals surface area contributed by atoms with E-state index in [0.29, 0.717) is 29.8 Å². The third-order valence-electron chi connectivity index (χ3n) is 4.36. The first-order chi connectivity index (χ1) is 11.5. The van der Waals surface area contributed by atoms with Gasteiger partial charge < -0.3 is 10.4 Å². The Bertz CT molecular complexity index is 803. The lowest BCUT2D eigenvalue weighted by Gasteiger charge is -2.22. The van der Waals surface area contributed by atoms with Crippen LogP contribution in [0, 0.1) is 0 Å². The Balaban J connectivity index is 1.66. The second kappa shape index (κ2) is 6.57. The fourth-order valence-corrected chi connectivity index (χ4v) is 3.06. The van der Waals surface area contributed by atoms with Gasteiger partial charge in [0.2, 0.25) is 0 Å². The summed E-state index contributed by atoms with van der Waals surface area (Å²) in [7, 11) is 3.72. The molecule has 3 rings (SSSR count). The van der Waals surface area contributed by atoms with Gasteiger partial charge in [-0.3, -0.25) is 9.59 Å². The molecule has 0 saturated carbocycles. The number of carbonyl (C=O) groups is 2. The smallest absolute Gasteiger partial charge is 0.182 e. The number of rotatable bonds is 4. The summed E-state index contributed by atoms with van der Waals surface area (Å²) in [6.45, 7) is 0.571. The van der Waals surface area contributed by atoms with Crippen molar-refractivity contribution in [2.24, 2.45) is 0 Å². The quantitative estimate of drug-likeness (QED) is 0.614. The second-order valence-electron chi connectivity index (χ2n) is 6.14. The summed E-state index contributed by atoms with van der Waals surface area (Å²) >= 11 is 0. The van der Waals surface area contributed by atoms with E-state index in [0.717, 1.165) is 16.5 Å². The van der Waals surface area contributed by atoms with Crippen molar-refractivity contribution in [2.45, 2.75) is 18.9 Å². The predicted octanol–water partition coefficient (Wildman–Crippen LogP) is -2.33. The lowest BCUT2D eigenvalue weighted by atomic mass is 9.83. The first-order valence-electron chi connectivity index (χ1n) is 7.88. The van der Waals surface area contributed by atoms with Gasteiger partial charge in [-0.25, -0.2) is 0 Å². The predicted molar refractivity (Wildman–Crippen MR) is 95.3 cm³/mol. The van der Waals surface area contributed by atoms with Gasteiger partial charge >= 0.3 is 0 Å². The molecule has 6 nitrogen and oxygen atoms in total. The molecule has 120 valence electrons. The van der Waals surface area contributed by atoms with Crippen LogP contribution in [0.2, 0.25) is 0 Å². The van der Waals surface area contributed by atoms with Gasteiger partial charge in [0, 0.05) is 6.42 Å². The molecule has 24 heavy (non-hydrogen) atoms. The SMILES string of the molecule is Bc1cc(CCNC2CC(=O)c3cnncc3C2=O)cc(B)c1O. The highest BCUT2D eigenvalue weighted by Crippen LogP contribution is 2.19. The first kappa shape index (κ1) is 16.4. The van der Waals surface area contributed by atoms with Crippen LogP contribution in [0.4, 0.5) is 0 Å². The summed E-state index contributed by atoms with van der Waals surface area (Å²) < 4.78 is 0. The van der Waals surface area contributed by atoms with E-state index < -0.39 is 6.04 Å². The number of ketones is 2. The lowest BCUT2D eigenvalue weighted by molar-refractivity contribution is 0.0848. The fraction of sp³-hybridized carbons (Fsp3) is 0.250. The normalized spacial score (nSPS) is 16.9. The highest BCUT2D eigenvalue weighted by Gasteiger charge is 2.32. The van der Waals surface area contributed by atoms with E-state index in [2.05, 4.69) is 15.5 Å². The van der Waals surface area contributed by atoms with E-state index >= 15 is 0 Å². The number of hydrogen-bond acceptors (Lipinski definition) is 6. The van der Waals surface area contributed by atoms with E-state index in [4.69, 9.17) is 0 Å². The topological polar surface area (TPSA) is 92.2 Å². The third kappa shape index (κ3) is 3.10. The Labute approximate surface area is 141 Å². The Hall–Kier alpha value is -2.47. The van der Waals surface area contributed by atoms with Crippen LogP contribution in [0.3, 0.4) is 0 Å². The van der Waals surface area contributed by atoms with Crippen molar-refractivity contribution < 1.29 is 14.7 Å². The minimum absolute atomic E-state index is 0.0895. The standard InChI is InChI=1S/C16H17B2N3O3/c17-11-3-8(4-12(18)16(11)24)1-2-19-13-5-14(22)9-6-20-21-7-10(9)15(13)23/h3-4,6-7,13,19,24H,1-2,5,17-18H2. The first-order valence-corrected chi connectivity index (χ1v) is 7.88. The summed E-state index contributed by atoms with van der Waals surface area (Å²) in [5, 5.41) is 20.3. The molecule has 0 bridgehead atoms. The number of nitrogens with zero attached hydrogens (tertiary/aromatic N) is 2. The van der Waals surface area contributed by atoms with Crippen LogP contribution < -0.4 is 16.2 Å². The van der Waals surface area contributed by atoms with Crippen molar-refractivity contribution in [1.82, 2.24) is 15.5 Å². The average molecular weight is 321 g/mol. The molecule has 8 heteroatoms. The molecule has 1 atom stereocenters. The van der Waals surface area contributed by atoms with Gasteiger partial charge in [0.05, 0.1) is 29.6 Å². The van der Waals surface area contributed by atoms with Gasteiger partial charge in [-0.15, -0.1) is 0 Å². The number of Topliss-reactive ketones (excluding diaryl/α,β-unsaturated/α-hetero) is 2. The molecule has 0 aliphatic heterocycles. The third-order valence-corrected chi connectivity index (χ3v) is 4.36. The van der Waals surface area contributed by atoms with Crippen LogP contribution in [-0.2, 0) is 6.42 Å². The molecular weight excluding hydrogens is 304 g/mol. The molecule has 0 radical (unpaired) electrons. The highest BCUT2D eigenvalue weighted by molar-refractivity contribution is 6.41. The maximum Gasteiger partial charge on any atom is 0.182 e. The summed E-state index contributed by atoms with van der Waals surface area (Å²) in [5.41, 5.74) is 3.45. The zero-order valence-electron chi connectivity index (χ0n) is 13.7. The Kier molecular flexibility index (Phi) is 4.48. The number of aromatic hydroxyl groups is 1. The van der Waals surface area contributed by atoms with Gasteiger partial charge in [0.1, 0.15) is 21.4 Å². The zero-order valence-corrected chi connectivity index (χ0v) is 13.7. The van der Waals surface area contributed by atoms with Gasteiger partial charge in [-0.05, 0) is 29.5 Å². The molecule has 1 aliphatic rings. The number of benzene rings is 1. The van der Waals surface area contributed by atoms with E-state index in [1.807, 2.05) is 27.8 Å². The molecular formula is C16H17B2N3O3. The minimum atomic E-state index is -0.520. The Morgan fingerprint density at radius 3 is 2.42 bits per heavy atom. The summed E-state index contributed by atoms with van der Waals surface area (Å²) in [5.74, 6) is 0.114. The van der Waals surface area contributed by atoms with Crippen molar-refractivity contribution in [3.8, 4) is 5.75 Å². The van der Waals surface area contributed by atoms with Gasteiger partial charge in [0.25, 0.3) is 0 Å². The molecule has 0 spiro atoms. The summed E-state index contributed by atoms with van der Waals surface area (Å²) in [6.07, 6.45) is 3.57. The van der Waals surface area contributed by atoms with E-state index in [1.165, 1.54) is 12.4 Å². The largest absolute Gasteiger partial charge is 0.509 e. The van der Waals surface area contributed by atoms with Crippen LogP contribution in [0.5, 0.6) is 5.75 Å². The van der Waals surface area contributed by atoms with Crippen molar-refractivity contribution in [3.05, 3.63) is 41.2 Å². The number of carbonyl (C=O) groups excluding carboxylic acids is 2. The maximum atomic E-state index is 12.4. The molecule has 1 aromatic heterocycles. The van der Waals surface area contributed by atoms with Gasteiger partial charge in [0.15, 0.2) is 11.6 Å². The average Bonchev–Trinajstić information content (AvgIpc) is 2.57. The summed E-state index contributed by atoms with van der Waals surface area (Å²) in [6, 6.07) is 3.35. The van der Waals surface area contributed by atoms with Crippen LogP contribution in [0.25, 0.3) is 0 Å². The van der Waals surface area contributed by atoms with Gasteiger partial charge in [-0.1, -0.05) is 12.1 Å². The zero-order chi connectivity index (χ0) is 17.3. The fourth-order valence-electron chi connectivity index (χ4n) is 3.06. The molecule has 0 amide bonds. The van der Waals surface area contributed by atoms with Crippen molar-refractivity contribution >= 4 is 38.2 Å². The van der Waals surface area contributed by atoms with E-state index in [9.17, 15) is 14.7 Å². The molecule has 1 unspecified atom stereocenters. The molecule has 0 fully saturated rings. The minimum Gasteiger partial charge on any atom is -0.509 e. The number of phenolic OH excluding ortho intramolecular Hbond substituents is 1. The van der Waals surface area contributed by atoms with Crippen molar-refractivity contribution in [2.75, 3.05) is 6.54 Å². The Morgan fingerprint density at radius 1 is 1.12 bits per heavy atom. The Morgan fingerprint density at radius 2 is 1.75 bits per heavy atom. The highest BCUT2D eigenvalue weighted by atomic mass is 16.3. The van der Waals surface area contributed by atoms with E-state index in [-0.39, 0.29) is 18.0 Å². The number of nitrogens with one attached hydrogen (secondary N) is 1. The van der Waals surface area contributed by atoms with Crippen LogP contribution in [-0.4, -0.2) is 55.1 Å². The van der Waals surface area contributed by atoms with Gasteiger partial charge in [-0.2, -0.15) is 10.2 Å². The van der Waals surface area contributed by atoms with Crippen LogP contribution in [0.1, 0.15) is 32.7 Å². The maximum absolute atomic E-state index is 12.4. The number of aromatic nitrogens is 2. The number of hydrogen-bond donors (Lipinski definition) is 2. The second-order valence-corrected chi connectivity index (χ2v) is 6.14. The molecule has 1 heterocycles. The molecule has 1 aliphatic carbocycles. The summed E-state index contributed by atoms with van der Waals surface area (Å²) in [4.78, 5) is 24.6. The van der Waals surface area contributed by atoms with Crippen LogP contribution >= 0.6 is 0 Å². The monoisotopic (exact) mass is 321 g/mol. The molecule has 1 aromatic carbocycles. The number of phenols is 1. The molecule has 2 aromatic rings. The van der Waals surface area contributed by atoms with Crippen molar-refractivity contribution in [1.29, 1.82) is 0 Å². The molecule has 2 N–H and O–H groups in total. The number of fused-ring (bicyclic) bond motifs is 1.